The van der Waals surface area contributed by atoms with Gasteiger partial charge in [0.25, 0.3) is 0 Å². The van der Waals surface area contributed by atoms with Gasteiger partial charge >= 0.3 is 0 Å². The monoisotopic (exact) mass is 256 g/mol. The topological polar surface area (TPSA) is 0 Å². The molecule has 0 fully saturated rings. The van der Waals surface area contributed by atoms with Crippen molar-refractivity contribution in [2.24, 2.45) is 5.41 Å². The molecule has 1 spiro atoms. The lowest BCUT2D eigenvalue weighted by molar-refractivity contribution is 0.491. The van der Waals surface area contributed by atoms with Crippen molar-refractivity contribution in [2.75, 3.05) is 0 Å². The molecular weight excluding hydrogens is 228 g/mol. The van der Waals surface area contributed by atoms with Gasteiger partial charge in [-0.2, -0.15) is 0 Å². The fraction of sp³-hybridized carbons (Fsp3) is 0.579. The molecule has 0 nitrogen and oxygen atoms in total. The molecule has 19 heavy (non-hydrogen) atoms. The van der Waals surface area contributed by atoms with E-state index in [0.29, 0.717) is 0 Å². The molecule has 2 aliphatic carbocycles. The molecule has 0 bridgehead atoms. The molecule has 2 aliphatic rings. The van der Waals surface area contributed by atoms with Crippen LogP contribution in [0.1, 0.15) is 66.7 Å². The van der Waals surface area contributed by atoms with E-state index in [-0.39, 0.29) is 5.41 Å². The average Bonchev–Trinajstić information content (AvgIpc) is 2.70. The predicted molar refractivity (Wildman–Crippen MR) is 85.2 cm³/mol. The lowest BCUT2D eigenvalue weighted by Crippen LogP contribution is -2.26. The third kappa shape index (κ3) is 1.88. The highest BCUT2D eigenvalue weighted by molar-refractivity contribution is 5.59. The van der Waals surface area contributed by atoms with E-state index >= 15 is 0 Å². The fourth-order valence-corrected chi connectivity index (χ4v) is 4.43. The first kappa shape index (κ1) is 14.4. The highest BCUT2D eigenvalue weighted by Crippen LogP contribution is 2.58. The number of hydrogen-bond donors (Lipinski definition) is 0. The summed E-state index contributed by atoms with van der Waals surface area (Å²) in [5.41, 5.74) is 8.56. The lowest BCUT2D eigenvalue weighted by Gasteiger charge is -2.38. The van der Waals surface area contributed by atoms with Crippen molar-refractivity contribution in [3.8, 4) is 0 Å². The van der Waals surface area contributed by atoms with Gasteiger partial charge in [-0.05, 0) is 50.2 Å². The van der Waals surface area contributed by atoms with E-state index in [2.05, 4.69) is 52.8 Å². The van der Waals surface area contributed by atoms with Crippen LogP contribution in [0, 0.1) is 5.41 Å². The molecule has 0 unspecified atom stereocenters. The maximum atomic E-state index is 2.37. The minimum absolute atomic E-state index is 0.245. The second-order valence-electron chi connectivity index (χ2n) is 5.72. The molecule has 104 valence electrons. The first-order chi connectivity index (χ1) is 9.17. The van der Waals surface area contributed by atoms with E-state index in [1.54, 1.807) is 27.9 Å². The summed E-state index contributed by atoms with van der Waals surface area (Å²) in [7, 11) is 0. The molecule has 0 aromatic rings. The van der Waals surface area contributed by atoms with Crippen LogP contribution in [0.25, 0.3) is 0 Å². The van der Waals surface area contributed by atoms with Crippen molar-refractivity contribution < 1.29 is 0 Å². The number of allylic oxidation sites excluding steroid dienone is 8. The highest BCUT2D eigenvalue weighted by Gasteiger charge is 2.44. The maximum absolute atomic E-state index is 2.37. The number of hydrogen-bond acceptors (Lipinski definition) is 0. The van der Waals surface area contributed by atoms with Crippen molar-refractivity contribution >= 4 is 0 Å². The summed E-state index contributed by atoms with van der Waals surface area (Å²) >= 11 is 0. The minimum Gasteiger partial charge on any atom is -0.0830 e. The zero-order valence-corrected chi connectivity index (χ0v) is 13.3. The second kappa shape index (κ2) is 5.53. The van der Waals surface area contributed by atoms with E-state index < -0.39 is 0 Å². The van der Waals surface area contributed by atoms with Gasteiger partial charge in [-0.15, -0.1) is 0 Å². The van der Waals surface area contributed by atoms with Crippen molar-refractivity contribution in [3.63, 3.8) is 0 Å². The molecule has 0 radical (unpaired) electrons. The molecule has 0 heterocycles. The summed E-state index contributed by atoms with van der Waals surface area (Å²) < 4.78 is 0. The Balaban J connectivity index is 2.70. The normalized spacial score (nSPS) is 21.6. The Morgan fingerprint density at radius 2 is 1.42 bits per heavy atom. The van der Waals surface area contributed by atoms with Crippen LogP contribution in [0.5, 0.6) is 0 Å². The zero-order valence-electron chi connectivity index (χ0n) is 13.3. The molecule has 0 saturated heterocycles. The van der Waals surface area contributed by atoms with Crippen LogP contribution in [0.3, 0.4) is 0 Å². The van der Waals surface area contributed by atoms with Crippen molar-refractivity contribution in [1.29, 1.82) is 0 Å². The van der Waals surface area contributed by atoms with E-state index in [1.807, 2.05) is 0 Å². The summed E-state index contributed by atoms with van der Waals surface area (Å²) in [5, 5.41) is 0. The first-order valence-corrected chi connectivity index (χ1v) is 7.96. The van der Waals surface area contributed by atoms with E-state index in [9.17, 15) is 0 Å². The van der Waals surface area contributed by atoms with Gasteiger partial charge in [0.05, 0.1) is 0 Å². The molecule has 0 aliphatic heterocycles. The van der Waals surface area contributed by atoms with Gasteiger partial charge < -0.3 is 0 Å². The maximum Gasteiger partial charge on any atom is 0.0376 e. The second-order valence-corrected chi connectivity index (χ2v) is 5.72. The summed E-state index contributed by atoms with van der Waals surface area (Å²) in [6.07, 6.45) is 12.9. The van der Waals surface area contributed by atoms with Gasteiger partial charge in [-0.3, -0.25) is 0 Å². The zero-order chi connectivity index (χ0) is 14.0. The van der Waals surface area contributed by atoms with Gasteiger partial charge in [0, 0.05) is 5.41 Å². The average molecular weight is 256 g/mol. The standard InChI is InChI=1S/C19H28/c1-6-15-16(7-2)18(9-4)19(17(15)8-3)13-11-10-12-14(19)5/h10-12H,6-9,13H2,1-5H3. The largest absolute Gasteiger partial charge is 0.0830 e. The van der Waals surface area contributed by atoms with Crippen LogP contribution >= 0.6 is 0 Å². The van der Waals surface area contributed by atoms with E-state index in [0.717, 1.165) is 0 Å². The van der Waals surface area contributed by atoms with Crippen molar-refractivity contribution in [2.45, 2.75) is 66.7 Å². The van der Waals surface area contributed by atoms with Crippen LogP contribution in [-0.2, 0) is 0 Å². The van der Waals surface area contributed by atoms with Crippen LogP contribution in [0.15, 0.2) is 46.1 Å². The van der Waals surface area contributed by atoms with Crippen LogP contribution in [0.2, 0.25) is 0 Å². The van der Waals surface area contributed by atoms with Gasteiger partial charge in [0.1, 0.15) is 0 Å². The molecule has 2 rings (SSSR count). The molecule has 0 aromatic carbocycles. The SMILES string of the molecule is CCC1=C(CC)C2(CC=CC=C2C)C(CC)=C1CC. The molecular formula is C19H28. The van der Waals surface area contributed by atoms with E-state index in [1.165, 1.54) is 32.1 Å². The Hall–Kier alpha value is -1.04. The molecule has 0 amide bonds. The molecule has 0 N–H and O–H groups in total. The summed E-state index contributed by atoms with van der Waals surface area (Å²) in [6, 6.07) is 0. The highest BCUT2D eigenvalue weighted by atomic mass is 14.5. The van der Waals surface area contributed by atoms with Gasteiger partial charge in [-0.1, -0.05) is 62.6 Å². The molecule has 0 atom stereocenters. The van der Waals surface area contributed by atoms with Crippen molar-refractivity contribution in [3.05, 3.63) is 46.1 Å². The molecule has 0 aromatic heterocycles. The van der Waals surface area contributed by atoms with Gasteiger partial charge in [0.2, 0.25) is 0 Å². The quantitative estimate of drug-likeness (QED) is 0.568. The van der Waals surface area contributed by atoms with Crippen LogP contribution in [-0.4, -0.2) is 0 Å². The Bertz CT molecular complexity index is 452. The Labute approximate surface area is 119 Å². The molecule has 0 saturated carbocycles. The Kier molecular flexibility index (Phi) is 4.18. The van der Waals surface area contributed by atoms with Gasteiger partial charge in [0.15, 0.2) is 0 Å². The third-order valence-corrected chi connectivity index (χ3v) is 5.12. The lowest BCUT2D eigenvalue weighted by atomic mass is 9.65. The third-order valence-electron chi connectivity index (χ3n) is 5.12. The fourth-order valence-electron chi connectivity index (χ4n) is 4.43. The Morgan fingerprint density at radius 3 is 1.79 bits per heavy atom. The van der Waals surface area contributed by atoms with Crippen LogP contribution < -0.4 is 0 Å². The Morgan fingerprint density at radius 1 is 0.895 bits per heavy atom. The van der Waals surface area contributed by atoms with Crippen molar-refractivity contribution in [1.82, 2.24) is 0 Å². The van der Waals surface area contributed by atoms with Gasteiger partial charge in [-0.25, -0.2) is 0 Å². The summed E-state index contributed by atoms with van der Waals surface area (Å²) in [5.74, 6) is 0. The van der Waals surface area contributed by atoms with Crippen LogP contribution in [0.4, 0.5) is 0 Å². The summed E-state index contributed by atoms with van der Waals surface area (Å²) in [4.78, 5) is 0. The number of rotatable bonds is 4. The minimum atomic E-state index is 0.245. The van der Waals surface area contributed by atoms with E-state index in [4.69, 9.17) is 0 Å². The predicted octanol–water partition coefficient (Wildman–Crippen LogP) is 6.13. The smallest absolute Gasteiger partial charge is 0.0376 e. The summed E-state index contributed by atoms with van der Waals surface area (Å²) in [6.45, 7) is 11.7. The molecule has 0 heteroatoms. The first-order valence-electron chi connectivity index (χ1n) is 7.96.